The van der Waals surface area contributed by atoms with E-state index in [-0.39, 0.29) is 0 Å². The van der Waals surface area contributed by atoms with E-state index in [2.05, 4.69) is 29.3 Å². The first-order valence-electron chi connectivity index (χ1n) is 10.7. The topological polar surface area (TPSA) is 46.6 Å². The second-order valence-corrected chi connectivity index (χ2v) is 8.05. The third kappa shape index (κ3) is 3.83. The summed E-state index contributed by atoms with van der Waals surface area (Å²) in [6, 6.07) is 4.95. The van der Waals surface area contributed by atoms with Crippen LogP contribution in [0.2, 0.25) is 0 Å². The zero-order valence-corrected chi connectivity index (χ0v) is 17.5. The van der Waals surface area contributed by atoms with Crippen molar-refractivity contribution in [3.05, 3.63) is 29.0 Å². The minimum atomic E-state index is 0.519. The Morgan fingerprint density at radius 2 is 2.00 bits per heavy atom. The number of aromatic nitrogens is 1. The van der Waals surface area contributed by atoms with Crippen LogP contribution in [0.15, 0.2) is 12.1 Å². The lowest BCUT2D eigenvalue weighted by Crippen LogP contribution is -2.40. The van der Waals surface area contributed by atoms with Crippen LogP contribution >= 0.6 is 0 Å². The second-order valence-electron chi connectivity index (χ2n) is 8.05. The Bertz CT molecular complexity index is 828. The number of aryl methyl sites for hydroxylation is 2. The molecule has 2 heterocycles. The lowest BCUT2D eigenvalue weighted by atomic mass is 10.00. The summed E-state index contributed by atoms with van der Waals surface area (Å²) in [6.07, 6.45) is 6.74. The Morgan fingerprint density at radius 1 is 1.18 bits per heavy atom. The van der Waals surface area contributed by atoms with Crippen LogP contribution in [0, 0.1) is 0 Å². The molecule has 1 N–H and O–H groups in total. The maximum atomic E-state index is 5.69. The Balaban J connectivity index is 1.62. The van der Waals surface area contributed by atoms with E-state index in [1.54, 1.807) is 14.2 Å². The molecule has 5 heteroatoms. The number of nitrogens with one attached hydrogen (secondary N) is 1. The molecule has 5 nitrogen and oxygen atoms in total. The van der Waals surface area contributed by atoms with Gasteiger partial charge in [-0.25, -0.2) is 0 Å². The molecule has 1 aromatic heterocycles. The Kier molecular flexibility index (Phi) is 6.02. The number of likely N-dealkylation sites (tertiary alicyclic amines) is 1. The summed E-state index contributed by atoms with van der Waals surface area (Å²) in [7, 11) is 3.55. The zero-order chi connectivity index (χ0) is 19.5. The molecule has 0 unspecified atom stereocenters. The standard InChI is InChI=1S/C23H33N3O2/c1-4-16-14-21-19(15-22(16)28-3)23(18-6-5-7-20(18)25-21)24-17-8-10-26(11-9-17)12-13-27-2/h14-15,17H,4-13H2,1-3H3,(H,24,25). The van der Waals surface area contributed by atoms with Crippen LogP contribution in [-0.2, 0) is 24.0 Å². The van der Waals surface area contributed by atoms with Crippen LogP contribution in [0.5, 0.6) is 5.75 Å². The number of benzene rings is 1. The van der Waals surface area contributed by atoms with E-state index >= 15 is 0 Å². The van der Waals surface area contributed by atoms with Gasteiger partial charge in [-0.1, -0.05) is 6.92 Å². The van der Waals surface area contributed by atoms with Crippen LogP contribution in [0.3, 0.4) is 0 Å². The van der Waals surface area contributed by atoms with Crippen molar-refractivity contribution in [3.63, 3.8) is 0 Å². The molecule has 0 atom stereocenters. The van der Waals surface area contributed by atoms with Gasteiger partial charge in [0.15, 0.2) is 0 Å². The van der Waals surface area contributed by atoms with E-state index in [0.717, 1.165) is 56.8 Å². The SMILES string of the molecule is CCc1cc2nc3c(c(NC4CCN(CCOC)CC4)c2cc1OC)CCC3. The molecule has 1 saturated heterocycles. The number of nitrogens with zero attached hydrogens (tertiary/aromatic N) is 2. The molecule has 0 radical (unpaired) electrons. The molecule has 1 aliphatic heterocycles. The Morgan fingerprint density at radius 3 is 2.71 bits per heavy atom. The van der Waals surface area contributed by atoms with Crippen molar-refractivity contribution >= 4 is 16.6 Å². The van der Waals surface area contributed by atoms with Gasteiger partial charge in [0.2, 0.25) is 0 Å². The molecule has 2 aliphatic rings. The van der Waals surface area contributed by atoms with Crippen molar-refractivity contribution in [3.8, 4) is 5.75 Å². The summed E-state index contributed by atoms with van der Waals surface area (Å²) < 4.78 is 10.9. The van der Waals surface area contributed by atoms with E-state index in [9.17, 15) is 0 Å². The lowest BCUT2D eigenvalue weighted by Gasteiger charge is -2.33. The summed E-state index contributed by atoms with van der Waals surface area (Å²) in [5.41, 5.74) is 6.38. The highest BCUT2D eigenvalue weighted by Crippen LogP contribution is 2.38. The summed E-state index contributed by atoms with van der Waals surface area (Å²) >= 11 is 0. The summed E-state index contributed by atoms with van der Waals surface area (Å²) in [5.74, 6) is 0.979. The van der Waals surface area contributed by atoms with Gasteiger partial charge in [0.1, 0.15) is 5.75 Å². The van der Waals surface area contributed by atoms with Gasteiger partial charge < -0.3 is 19.7 Å². The van der Waals surface area contributed by atoms with Gasteiger partial charge in [-0.3, -0.25) is 4.98 Å². The molecule has 28 heavy (non-hydrogen) atoms. The molecular formula is C23H33N3O2. The number of pyridine rings is 1. The Hall–Kier alpha value is -1.85. The zero-order valence-electron chi connectivity index (χ0n) is 17.5. The van der Waals surface area contributed by atoms with Gasteiger partial charge >= 0.3 is 0 Å². The van der Waals surface area contributed by atoms with Gasteiger partial charge in [0, 0.05) is 49.6 Å². The summed E-state index contributed by atoms with van der Waals surface area (Å²) in [6.45, 7) is 6.30. The molecule has 0 amide bonds. The fourth-order valence-electron chi connectivity index (χ4n) is 4.69. The van der Waals surface area contributed by atoms with Crippen LogP contribution in [-0.4, -0.2) is 56.4 Å². The van der Waals surface area contributed by atoms with E-state index < -0.39 is 0 Å². The highest BCUT2D eigenvalue weighted by Gasteiger charge is 2.24. The first-order chi connectivity index (χ1) is 13.7. The summed E-state index contributed by atoms with van der Waals surface area (Å²) in [4.78, 5) is 7.53. The molecule has 0 bridgehead atoms. The summed E-state index contributed by atoms with van der Waals surface area (Å²) in [5, 5.41) is 5.16. The van der Waals surface area contributed by atoms with E-state index in [1.807, 2.05) is 0 Å². The largest absolute Gasteiger partial charge is 0.496 e. The second kappa shape index (κ2) is 8.66. The molecule has 152 valence electrons. The highest BCUT2D eigenvalue weighted by atomic mass is 16.5. The molecule has 0 spiro atoms. The highest BCUT2D eigenvalue weighted by molar-refractivity contribution is 5.95. The quantitative estimate of drug-likeness (QED) is 0.788. The number of rotatable bonds is 7. The van der Waals surface area contributed by atoms with E-state index in [0.29, 0.717) is 6.04 Å². The fourth-order valence-corrected chi connectivity index (χ4v) is 4.69. The van der Waals surface area contributed by atoms with Gasteiger partial charge in [0.05, 0.1) is 19.2 Å². The number of ether oxygens (including phenoxy) is 2. The minimum absolute atomic E-state index is 0.519. The normalized spacial score (nSPS) is 17.8. The average molecular weight is 384 g/mol. The van der Waals surface area contributed by atoms with E-state index in [1.165, 1.54) is 47.2 Å². The molecule has 0 saturated carbocycles. The molecule has 1 fully saturated rings. The van der Waals surface area contributed by atoms with Gasteiger partial charge in [-0.2, -0.15) is 0 Å². The van der Waals surface area contributed by atoms with Crippen molar-refractivity contribution in [1.29, 1.82) is 0 Å². The van der Waals surface area contributed by atoms with Crippen molar-refractivity contribution < 1.29 is 9.47 Å². The monoisotopic (exact) mass is 383 g/mol. The minimum Gasteiger partial charge on any atom is -0.496 e. The Labute approximate surface area is 168 Å². The first-order valence-corrected chi connectivity index (χ1v) is 10.7. The smallest absolute Gasteiger partial charge is 0.122 e. The van der Waals surface area contributed by atoms with Crippen LogP contribution < -0.4 is 10.1 Å². The van der Waals surface area contributed by atoms with Gasteiger partial charge in [-0.05, 0) is 61.8 Å². The number of anilines is 1. The fraction of sp³-hybridized carbons (Fsp3) is 0.609. The first kappa shape index (κ1) is 19.5. The molecule has 4 rings (SSSR count). The molecule has 2 aromatic rings. The number of piperidine rings is 1. The third-order valence-corrected chi connectivity index (χ3v) is 6.34. The van der Waals surface area contributed by atoms with Crippen LogP contribution in [0.1, 0.15) is 43.0 Å². The maximum Gasteiger partial charge on any atom is 0.122 e. The predicted octanol–water partition coefficient (Wildman–Crippen LogP) is 3.82. The third-order valence-electron chi connectivity index (χ3n) is 6.34. The van der Waals surface area contributed by atoms with Crippen LogP contribution in [0.4, 0.5) is 5.69 Å². The molecular weight excluding hydrogens is 350 g/mol. The predicted molar refractivity (Wildman–Crippen MR) is 115 cm³/mol. The van der Waals surface area contributed by atoms with Gasteiger partial charge in [-0.15, -0.1) is 0 Å². The van der Waals surface area contributed by atoms with Crippen LogP contribution in [0.25, 0.3) is 10.9 Å². The number of methoxy groups -OCH3 is 2. The van der Waals surface area contributed by atoms with E-state index in [4.69, 9.17) is 14.5 Å². The number of hydrogen-bond donors (Lipinski definition) is 1. The van der Waals surface area contributed by atoms with Crippen molar-refractivity contribution in [2.24, 2.45) is 0 Å². The average Bonchev–Trinajstić information content (AvgIpc) is 3.20. The molecule has 1 aromatic carbocycles. The van der Waals surface area contributed by atoms with Crippen molar-refractivity contribution in [2.75, 3.05) is 45.8 Å². The molecule has 1 aliphatic carbocycles. The number of hydrogen-bond acceptors (Lipinski definition) is 5. The maximum absolute atomic E-state index is 5.69. The van der Waals surface area contributed by atoms with Crippen molar-refractivity contribution in [1.82, 2.24) is 9.88 Å². The van der Waals surface area contributed by atoms with Crippen molar-refractivity contribution in [2.45, 2.75) is 51.5 Å². The number of fused-ring (bicyclic) bond motifs is 2. The van der Waals surface area contributed by atoms with Gasteiger partial charge in [0.25, 0.3) is 0 Å². The lowest BCUT2D eigenvalue weighted by molar-refractivity contribution is 0.132.